The van der Waals surface area contributed by atoms with Crippen LogP contribution in [0.1, 0.15) is 18.1 Å². The summed E-state index contributed by atoms with van der Waals surface area (Å²) < 4.78 is 1.65. The first-order valence-corrected chi connectivity index (χ1v) is 7.36. The van der Waals surface area contributed by atoms with Crippen molar-refractivity contribution in [3.63, 3.8) is 0 Å². The summed E-state index contributed by atoms with van der Waals surface area (Å²) in [5, 5.41) is 15.0. The van der Waals surface area contributed by atoms with Crippen molar-refractivity contribution in [2.45, 2.75) is 25.9 Å². The summed E-state index contributed by atoms with van der Waals surface area (Å²) in [4.78, 5) is 11.5. The topological polar surface area (TPSA) is 72.7 Å². The van der Waals surface area contributed by atoms with Gasteiger partial charge in [-0.3, -0.25) is 4.79 Å². The van der Waals surface area contributed by atoms with E-state index in [1.807, 2.05) is 32.0 Å². The Hall–Kier alpha value is -1.89. The van der Waals surface area contributed by atoms with Crippen LogP contribution in [0.25, 0.3) is 5.69 Å². The first-order valence-electron chi connectivity index (χ1n) is 6.37. The lowest BCUT2D eigenvalue weighted by Gasteiger charge is -2.06. The van der Waals surface area contributed by atoms with Gasteiger partial charge in [0.15, 0.2) is 0 Å². The zero-order valence-electron chi connectivity index (χ0n) is 11.8. The fraction of sp³-hybridized carbons (Fsp3) is 0.385. The molecule has 7 heteroatoms. The number of hydrogen-bond acceptors (Lipinski definition) is 5. The van der Waals surface area contributed by atoms with Crippen molar-refractivity contribution in [1.82, 2.24) is 25.5 Å². The predicted octanol–water partition coefficient (Wildman–Crippen LogP) is 1.51. The molecule has 0 aliphatic heterocycles. The number of benzene rings is 1. The lowest BCUT2D eigenvalue weighted by atomic mass is 10.1. The number of aromatic nitrogens is 4. The molecular weight excluding hydrogens is 274 g/mol. The monoisotopic (exact) mass is 291 g/mol. The molecule has 1 amide bonds. The van der Waals surface area contributed by atoms with E-state index in [-0.39, 0.29) is 5.91 Å². The first kappa shape index (κ1) is 14.5. The number of carbonyl (C=O) groups is 1. The minimum Gasteiger partial charge on any atom is -0.356 e. The fourth-order valence-electron chi connectivity index (χ4n) is 1.67. The van der Waals surface area contributed by atoms with Crippen LogP contribution in [0.2, 0.25) is 0 Å². The molecule has 0 radical (unpaired) electrons. The van der Waals surface area contributed by atoms with Crippen molar-refractivity contribution in [3.05, 3.63) is 29.3 Å². The first-order chi connectivity index (χ1) is 9.61. The molecule has 1 aromatic heterocycles. The van der Waals surface area contributed by atoms with Crippen molar-refractivity contribution in [3.8, 4) is 5.69 Å². The van der Waals surface area contributed by atoms with Gasteiger partial charge in [-0.15, -0.1) is 5.10 Å². The Morgan fingerprint density at radius 1 is 1.35 bits per heavy atom. The zero-order chi connectivity index (χ0) is 14.5. The number of rotatable bonds is 5. The highest BCUT2D eigenvalue weighted by atomic mass is 32.2. The molecule has 106 valence electrons. The molecular formula is C13H17N5OS. The SMILES string of the molecule is CCNC(=O)CSc1nnnn1-c1ccc(C)c(C)c1. The number of nitrogens with one attached hydrogen (secondary N) is 1. The molecule has 0 saturated heterocycles. The van der Waals surface area contributed by atoms with Gasteiger partial charge in [-0.2, -0.15) is 4.68 Å². The fourth-order valence-corrected chi connectivity index (χ4v) is 2.39. The standard InChI is InChI=1S/C13H17N5OS/c1-4-14-12(19)8-20-13-15-16-17-18(13)11-6-5-9(2)10(3)7-11/h5-7H,4,8H2,1-3H3,(H,14,19). The maximum absolute atomic E-state index is 11.5. The molecule has 6 nitrogen and oxygen atoms in total. The van der Waals surface area contributed by atoms with Crippen molar-refractivity contribution in [1.29, 1.82) is 0 Å². The number of hydrogen-bond donors (Lipinski definition) is 1. The van der Waals surface area contributed by atoms with E-state index in [2.05, 4.69) is 27.8 Å². The lowest BCUT2D eigenvalue weighted by molar-refractivity contribution is -0.118. The molecule has 2 rings (SSSR count). The highest BCUT2D eigenvalue weighted by molar-refractivity contribution is 7.99. The van der Waals surface area contributed by atoms with E-state index in [9.17, 15) is 4.79 Å². The highest BCUT2D eigenvalue weighted by Gasteiger charge is 2.11. The minimum absolute atomic E-state index is 0.0212. The molecule has 1 N–H and O–H groups in total. The largest absolute Gasteiger partial charge is 0.356 e. The van der Waals surface area contributed by atoms with Crippen LogP contribution in [0.3, 0.4) is 0 Å². The number of tetrazole rings is 1. The van der Waals surface area contributed by atoms with Crippen LogP contribution in [0.5, 0.6) is 0 Å². The second kappa shape index (κ2) is 6.51. The van der Waals surface area contributed by atoms with Crippen LogP contribution >= 0.6 is 11.8 Å². The maximum atomic E-state index is 11.5. The van der Waals surface area contributed by atoms with E-state index < -0.39 is 0 Å². The molecule has 0 aliphatic carbocycles. The van der Waals surface area contributed by atoms with Gasteiger partial charge in [-0.1, -0.05) is 17.8 Å². The van der Waals surface area contributed by atoms with Gasteiger partial charge >= 0.3 is 0 Å². The normalized spacial score (nSPS) is 10.6. The molecule has 0 unspecified atom stereocenters. The third kappa shape index (κ3) is 3.36. The van der Waals surface area contributed by atoms with Crippen LogP contribution in [0.15, 0.2) is 23.4 Å². The Kier molecular flexibility index (Phi) is 4.73. The van der Waals surface area contributed by atoms with E-state index in [1.165, 1.54) is 22.9 Å². The van der Waals surface area contributed by atoms with Gasteiger partial charge < -0.3 is 5.32 Å². The minimum atomic E-state index is -0.0212. The third-order valence-electron chi connectivity index (χ3n) is 2.88. The Balaban J connectivity index is 2.15. The van der Waals surface area contributed by atoms with Gasteiger partial charge in [-0.25, -0.2) is 0 Å². The van der Waals surface area contributed by atoms with Crippen LogP contribution in [0, 0.1) is 13.8 Å². The second-order valence-electron chi connectivity index (χ2n) is 4.38. The molecule has 1 heterocycles. The Bertz CT molecular complexity index is 611. The molecule has 0 saturated carbocycles. The van der Waals surface area contributed by atoms with Crippen molar-refractivity contribution >= 4 is 17.7 Å². The quantitative estimate of drug-likeness (QED) is 0.845. The molecule has 0 bridgehead atoms. The van der Waals surface area contributed by atoms with Crippen LogP contribution in [-0.2, 0) is 4.79 Å². The Morgan fingerprint density at radius 3 is 2.85 bits per heavy atom. The second-order valence-corrected chi connectivity index (χ2v) is 5.33. The Labute approximate surface area is 121 Å². The highest BCUT2D eigenvalue weighted by Crippen LogP contribution is 2.19. The van der Waals surface area contributed by atoms with E-state index in [0.29, 0.717) is 17.5 Å². The maximum Gasteiger partial charge on any atom is 0.230 e. The van der Waals surface area contributed by atoms with E-state index in [0.717, 1.165) is 5.69 Å². The van der Waals surface area contributed by atoms with Crippen LogP contribution < -0.4 is 5.32 Å². The van der Waals surface area contributed by atoms with E-state index >= 15 is 0 Å². The molecule has 0 spiro atoms. The van der Waals surface area contributed by atoms with Crippen LogP contribution in [-0.4, -0.2) is 38.4 Å². The third-order valence-corrected chi connectivity index (χ3v) is 3.80. The Morgan fingerprint density at radius 2 is 2.15 bits per heavy atom. The number of carbonyl (C=O) groups excluding carboxylic acids is 1. The van der Waals surface area contributed by atoms with E-state index in [1.54, 1.807) is 4.68 Å². The number of nitrogens with zero attached hydrogens (tertiary/aromatic N) is 4. The number of aryl methyl sites for hydroxylation is 2. The average Bonchev–Trinajstić information content (AvgIpc) is 2.88. The van der Waals surface area contributed by atoms with Crippen molar-refractivity contribution in [2.24, 2.45) is 0 Å². The molecule has 2 aromatic rings. The van der Waals surface area contributed by atoms with Crippen LogP contribution in [0.4, 0.5) is 0 Å². The van der Waals surface area contributed by atoms with Crippen molar-refractivity contribution in [2.75, 3.05) is 12.3 Å². The van der Waals surface area contributed by atoms with E-state index in [4.69, 9.17) is 0 Å². The zero-order valence-corrected chi connectivity index (χ0v) is 12.6. The summed E-state index contributed by atoms with van der Waals surface area (Å²) in [7, 11) is 0. The molecule has 20 heavy (non-hydrogen) atoms. The van der Waals surface area contributed by atoms with Gasteiger partial charge in [0.1, 0.15) is 0 Å². The van der Waals surface area contributed by atoms with Crippen molar-refractivity contribution < 1.29 is 4.79 Å². The summed E-state index contributed by atoms with van der Waals surface area (Å²) in [6, 6.07) is 6.03. The summed E-state index contributed by atoms with van der Waals surface area (Å²) in [6.45, 7) is 6.62. The predicted molar refractivity (Wildman–Crippen MR) is 78.0 cm³/mol. The molecule has 1 aromatic carbocycles. The smallest absolute Gasteiger partial charge is 0.230 e. The average molecular weight is 291 g/mol. The van der Waals surface area contributed by atoms with Gasteiger partial charge in [0.25, 0.3) is 0 Å². The van der Waals surface area contributed by atoms with Gasteiger partial charge in [0.2, 0.25) is 11.1 Å². The molecule has 0 atom stereocenters. The number of amides is 1. The number of thioether (sulfide) groups is 1. The lowest BCUT2D eigenvalue weighted by Crippen LogP contribution is -2.24. The van der Waals surface area contributed by atoms with Gasteiger partial charge in [-0.05, 0) is 54.5 Å². The summed E-state index contributed by atoms with van der Waals surface area (Å²) in [5.74, 6) is 0.283. The summed E-state index contributed by atoms with van der Waals surface area (Å²) >= 11 is 1.32. The summed E-state index contributed by atoms with van der Waals surface area (Å²) in [5.41, 5.74) is 3.30. The molecule has 0 aliphatic rings. The van der Waals surface area contributed by atoms with Gasteiger partial charge in [0, 0.05) is 6.54 Å². The van der Waals surface area contributed by atoms with Gasteiger partial charge in [0.05, 0.1) is 11.4 Å². The summed E-state index contributed by atoms with van der Waals surface area (Å²) in [6.07, 6.45) is 0. The molecule has 0 fully saturated rings.